The molecule has 0 radical (unpaired) electrons. The molecule has 0 fully saturated rings. The predicted octanol–water partition coefficient (Wildman–Crippen LogP) is 3.62. The zero-order valence-corrected chi connectivity index (χ0v) is 13.3. The van der Waals surface area contributed by atoms with Gasteiger partial charge in [-0.2, -0.15) is 0 Å². The number of phenols is 1. The van der Waals surface area contributed by atoms with Crippen molar-refractivity contribution in [2.75, 3.05) is 19.0 Å². The van der Waals surface area contributed by atoms with E-state index in [2.05, 4.69) is 17.0 Å². The maximum atomic E-state index is 11.7. The van der Waals surface area contributed by atoms with Gasteiger partial charge < -0.3 is 14.6 Å². The van der Waals surface area contributed by atoms with Gasteiger partial charge in [0.15, 0.2) is 0 Å². The summed E-state index contributed by atoms with van der Waals surface area (Å²) in [5, 5.41) is 12.4. The Balaban J connectivity index is 2.63. The minimum Gasteiger partial charge on any atom is -0.507 e. The average molecular weight is 309 g/mol. The molecule has 1 aromatic rings. The molecular weight excluding hydrogens is 286 g/mol. The zero-order valence-electron chi connectivity index (χ0n) is 13.3. The van der Waals surface area contributed by atoms with Crippen molar-refractivity contribution in [2.45, 2.75) is 39.5 Å². The first-order valence-electron chi connectivity index (χ1n) is 7.35. The number of esters is 1. The van der Waals surface area contributed by atoms with Gasteiger partial charge in [0.1, 0.15) is 11.3 Å². The van der Waals surface area contributed by atoms with Crippen LogP contribution in [0.2, 0.25) is 0 Å². The minimum absolute atomic E-state index is 0.000691. The Bertz CT molecular complexity index is 528. The minimum atomic E-state index is -0.669. The molecule has 1 aromatic carbocycles. The van der Waals surface area contributed by atoms with Crippen LogP contribution >= 0.6 is 0 Å². The molecule has 0 saturated heterocycles. The van der Waals surface area contributed by atoms with E-state index in [9.17, 15) is 14.7 Å². The van der Waals surface area contributed by atoms with E-state index in [0.29, 0.717) is 17.9 Å². The molecule has 0 unspecified atom stereocenters. The number of hydrogen-bond donors (Lipinski definition) is 2. The second-order valence-corrected chi connectivity index (χ2v) is 5.00. The molecule has 0 aromatic heterocycles. The summed E-state index contributed by atoms with van der Waals surface area (Å²) < 4.78 is 9.65. The first kappa shape index (κ1) is 17.8. The van der Waals surface area contributed by atoms with Crippen molar-refractivity contribution in [3.63, 3.8) is 0 Å². The third-order valence-corrected chi connectivity index (χ3v) is 3.18. The predicted molar refractivity (Wildman–Crippen MR) is 83.3 cm³/mol. The number of anilines is 1. The van der Waals surface area contributed by atoms with Gasteiger partial charge in [0.05, 0.1) is 13.7 Å². The van der Waals surface area contributed by atoms with Gasteiger partial charge in [0, 0.05) is 5.69 Å². The smallest absolute Gasteiger partial charge is 0.411 e. The molecule has 1 rings (SSSR count). The van der Waals surface area contributed by atoms with Crippen molar-refractivity contribution in [1.82, 2.24) is 0 Å². The van der Waals surface area contributed by atoms with Gasteiger partial charge in [-0.05, 0) is 31.0 Å². The lowest BCUT2D eigenvalue weighted by Gasteiger charge is -2.11. The molecule has 0 atom stereocenters. The number of rotatable bonds is 7. The number of unbranched alkanes of at least 4 members (excludes halogenated alkanes) is 3. The summed E-state index contributed by atoms with van der Waals surface area (Å²) in [6.07, 6.45) is 3.50. The van der Waals surface area contributed by atoms with Crippen LogP contribution in [-0.2, 0) is 9.47 Å². The van der Waals surface area contributed by atoms with Gasteiger partial charge in [-0.1, -0.05) is 26.2 Å². The average Bonchev–Trinajstić information content (AvgIpc) is 2.49. The van der Waals surface area contributed by atoms with E-state index in [1.165, 1.54) is 13.2 Å². The van der Waals surface area contributed by atoms with E-state index in [0.717, 1.165) is 25.7 Å². The highest BCUT2D eigenvalue weighted by atomic mass is 16.5. The second-order valence-electron chi connectivity index (χ2n) is 5.00. The molecule has 0 aliphatic heterocycles. The molecule has 0 heterocycles. The van der Waals surface area contributed by atoms with Crippen LogP contribution in [-0.4, -0.2) is 30.9 Å². The zero-order chi connectivity index (χ0) is 16.5. The summed E-state index contributed by atoms with van der Waals surface area (Å²) in [5.74, 6) is -0.831. The maximum Gasteiger partial charge on any atom is 0.411 e. The summed E-state index contributed by atoms with van der Waals surface area (Å²) in [5.41, 5.74) is 0.830. The number of aromatic hydroxyl groups is 1. The first-order valence-corrected chi connectivity index (χ1v) is 7.35. The van der Waals surface area contributed by atoms with Gasteiger partial charge in [0.25, 0.3) is 0 Å². The summed E-state index contributed by atoms with van der Waals surface area (Å²) in [6.45, 7) is 4.09. The second kappa shape index (κ2) is 8.92. The summed E-state index contributed by atoms with van der Waals surface area (Å²) in [4.78, 5) is 23.3. The van der Waals surface area contributed by atoms with Gasteiger partial charge >= 0.3 is 12.1 Å². The van der Waals surface area contributed by atoms with Crippen LogP contribution in [0.15, 0.2) is 12.1 Å². The summed E-state index contributed by atoms with van der Waals surface area (Å²) in [6, 6.07) is 2.91. The van der Waals surface area contributed by atoms with E-state index >= 15 is 0 Å². The number of phenolic OH excluding ortho intramolecular Hbond substituents is 1. The van der Waals surface area contributed by atoms with Crippen LogP contribution in [0.25, 0.3) is 0 Å². The number of benzene rings is 1. The van der Waals surface area contributed by atoms with Crippen molar-refractivity contribution in [2.24, 2.45) is 0 Å². The van der Waals surface area contributed by atoms with Crippen molar-refractivity contribution in [1.29, 1.82) is 0 Å². The van der Waals surface area contributed by atoms with Crippen LogP contribution in [0, 0.1) is 6.92 Å². The number of nitrogens with one attached hydrogen (secondary N) is 1. The van der Waals surface area contributed by atoms with Crippen LogP contribution in [0.4, 0.5) is 10.5 Å². The number of amides is 1. The highest BCUT2D eigenvalue weighted by molar-refractivity contribution is 5.95. The topological polar surface area (TPSA) is 84.9 Å². The Morgan fingerprint density at radius 3 is 2.59 bits per heavy atom. The standard InChI is InChI=1S/C16H23NO5/c1-4-5-6-7-8-22-16(20)17-12-9-11(2)14(18)13(10-12)15(19)21-3/h9-10,18H,4-8H2,1-3H3,(H,17,20). The van der Waals surface area contributed by atoms with Crippen molar-refractivity contribution >= 4 is 17.7 Å². The molecule has 0 aliphatic carbocycles. The van der Waals surface area contributed by atoms with E-state index < -0.39 is 12.1 Å². The van der Waals surface area contributed by atoms with Gasteiger partial charge in [-0.3, -0.25) is 5.32 Å². The number of methoxy groups -OCH3 is 1. The van der Waals surface area contributed by atoms with Gasteiger partial charge in [-0.15, -0.1) is 0 Å². The Kier molecular flexibility index (Phi) is 7.22. The van der Waals surface area contributed by atoms with Crippen LogP contribution in [0.3, 0.4) is 0 Å². The van der Waals surface area contributed by atoms with E-state index in [1.807, 2.05) is 0 Å². The van der Waals surface area contributed by atoms with E-state index in [-0.39, 0.29) is 11.3 Å². The van der Waals surface area contributed by atoms with Crippen LogP contribution < -0.4 is 5.32 Å². The monoisotopic (exact) mass is 309 g/mol. The fourth-order valence-electron chi connectivity index (χ4n) is 1.96. The van der Waals surface area contributed by atoms with Gasteiger partial charge in [-0.25, -0.2) is 9.59 Å². The largest absolute Gasteiger partial charge is 0.507 e. The number of aryl methyl sites for hydroxylation is 1. The Morgan fingerprint density at radius 1 is 1.23 bits per heavy atom. The number of carbonyl (C=O) groups excluding carboxylic acids is 2. The lowest BCUT2D eigenvalue weighted by molar-refractivity contribution is 0.0597. The van der Waals surface area contributed by atoms with Crippen LogP contribution in [0.5, 0.6) is 5.75 Å². The van der Waals surface area contributed by atoms with Crippen molar-refractivity contribution in [3.8, 4) is 5.75 Å². The normalized spacial score (nSPS) is 10.1. The van der Waals surface area contributed by atoms with Crippen molar-refractivity contribution in [3.05, 3.63) is 23.3 Å². The Hall–Kier alpha value is -2.24. The fraction of sp³-hybridized carbons (Fsp3) is 0.500. The van der Waals surface area contributed by atoms with Gasteiger partial charge in [0.2, 0.25) is 0 Å². The lowest BCUT2D eigenvalue weighted by atomic mass is 10.1. The highest BCUT2D eigenvalue weighted by Gasteiger charge is 2.16. The number of carbonyl (C=O) groups is 2. The maximum absolute atomic E-state index is 11.7. The molecule has 22 heavy (non-hydrogen) atoms. The molecule has 0 saturated carbocycles. The molecule has 6 nitrogen and oxygen atoms in total. The fourth-order valence-corrected chi connectivity index (χ4v) is 1.96. The molecular formula is C16H23NO5. The van der Waals surface area contributed by atoms with Crippen molar-refractivity contribution < 1.29 is 24.2 Å². The molecule has 0 bridgehead atoms. The summed E-state index contributed by atoms with van der Waals surface area (Å²) in [7, 11) is 1.22. The number of ether oxygens (including phenoxy) is 2. The number of hydrogen-bond acceptors (Lipinski definition) is 5. The quantitative estimate of drug-likeness (QED) is 0.456. The van der Waals surface area contributed by atoms with Crippen LogP contribution in [0.1, 0.15) is 48.5 Å². The molecule has 122 valence electrons. The Morgan fingerprint density at radius 2 is 1.95 bits per heavy atom. The molecule has 0 spiro atoms. The first-order chi connectivity index (χ1) is 10.5. The SMILES string of the molecule is CCCCCCOC(=O)Nc1cc(C)c(O)c(C(=O)OC)c1. The molecule has 1 amide bonds. The third-order valence-electron chi connectivity index (χ3n) is 3.18. The highest BCUT2D eigenvalue weighted by Crippen LogP contribution is 2.27. The molecule has 6 heteroatoms. The molecule has 2 N–H and O–H groups in total. The molecule has 0 aliphatic rings. The summed E-state index contributed by atoms with van der Waals surface area (Å²) >= 11 is 0. The van der Waals surface area contributed by atoms with E-state index in [4.69, 9.17) is 4.74 Å². The third kappa shape index (κ3) is 5.27. The van der Waals surface area contributed by atoms with E-state index in [1.54, 1.807) is 13.0 Å². The Labute approximate surface area is 130 Å². The lowest BCUT2D eigenvalue weighted by Crippen LogP contribution is -2.15.